The Morgan fingerprint density at radius 1 is 1.24 bits per heavy atom. The first-order valence-corrected chi connectivity index (χ1v) is 7.50. The Morgan fingerprint density at radius 2 is 1.81 bits per heavy atom. The fourth-order valence-electron chi connectivity index (χ4n) is 2.70. The number of oxime groups is 1. The number of rotatable bonds is 3. The van der Waals surface area contributed by atoms with Crippen LogP contribution in [0.1, 0.15) is 32.1 Å². The van der Waals surface area contributed by atoms with Crippen LogP contribution in [0.15, 0.2) is 23.4 Å². The van der Waals surface area contributed by atoms with Crippen molar-refractivity contribution in [2.24, 2.45) is 16.3 Å². The molecule has 0 saturated heterocycles. The van der Waals surface area contributed by atoms with Crippen LogP contribution in [-0.2, 0) is 4.79 Å². The largest absolute Gasteiger partial charge is 0.409 e. The average Bonchev–Trinajstić information content (AvgIpc) is 2.50. The van der Waals surface area contributed by atoms with Gasteiger partial charge in [0.2, 0.25) is 5.91 Å². The van der Waals surface area contributed by atoms with Crippen molar-refractivity contribution < 1.29 is 10.0 Å². The zero-order valence-electron chi connectivity index (χ0n) is 11.4. The SMILES string of the molecule is NC(=NO)C1(C(=O)Nc2c(Cl)cccc2Cl)CCCCC1. The molecule has 4 N–H and O–H groups in total. The van der Waals surface area contributed by atoms with Crippen LogP contribution in [0.3, 0.4) is 0 Å². The minimum absolute atomic E-state index is 0.0668. The number of carbonyl (C=O) groups is 1. The Morgan fingerprint density at radius 3 is 2.33 bits per heavy atom. The second-order valence-electron chi connectivity index (χ2n) is 5.18. The molecule has 1 aliphatic rings. The zero-order chi connectivity index (χ0) is 15.5. The molecule has 0 aromatic heterocycles. The van der Waals surface area contributed by atoms with Gasteiger partial charge in [-0.25, -0.2) is 0 Å². The van der Waals surface area contributed by atoms with Gasteiger partial charge in [0.25, 0.3) is 0 Å². The summed E-state index contributed by atoms with van der Waals surface area (Å²) in [7, 11) is 0. The van der Waals surface area contributed by atoms with E-state index in [9.17, 15) is 4.79 Å². The van der Waals surface area contributed by atoms with Crippen LogP contribution < -0.4 is 11.1 Å². The van der Waals surface area contributed by atoms with E-state index in [4.69, 9.17) is 34.1 Å². The lowest BCUT2D eigenvalue weighted by molar-refractivity contribution is -0.123. The predicted octanol–water partition coefficient (Wildman–Crippen LogP) is 3.63. The number of nitrogens with one attached hydrogen (secondary N) is 1. The third kappa shape index (κ3) is 3.09. The minimum Gasteiger partial charge on any atom is -0.409 e. The molecular weight excluding hydrogens is 313 g/mol. The summed E-state index contributed by atoms with van der Waals surface area (Å²) in [6.07, 6.45) is 3.80. The van der Waals surface area contributed by atoms with Crippen LogP contribution in [0, 0.1) is 5.41 Å². The van der Waals surface area contributed by atoms with Gasteiger partial charge in [-0.3, -0.25) is 4.79 Å². The van der Waals surface area contributed by atoms with E-state index < -0.39 is 5.41 Å². The maximum atomic E-state index is 12.7. The summed E-state index contributed by atoms with van der Waals surface area (Å²) in [6.45, 7) is 0. The maximum Gasteiger partial charge on any atom is 0.238 e. The molecular formula is C14H17Cl2N3O2. The van der Waals surface area contributed by atoms with Gasteiger partial charge in [-0.05, 0) is 25.0 Å². The molecule has 7 heteroatoms. The lowest BCUT2D eigenvalue weighted by atomic mass is 9.72. The van der Waals surface area contributed by atoms with Gasteiger partial charge in [0, 0.05) is 0 Å². The Hall–Kier alpha value is -1.46. The number of benzene rings is 1. The first kappa shape index (κ1) is 15.9. The number of amidine groups is 1. The third-order valence-electron chi connectivity index (χ3n) is 3.94. The van der Waals surface area contributed by atoms with Gasteiger partial charge in [-0.2, -0.15) is 0 Å². The molecule has 0 bridgehead atoms. The molecule has 1 saturated carbocycles. The number of amides is 1. The molecule has 2 rings (SSSR count). The van der Waals surface area contributed by atoms with Gasteiger partial charge in [0.05, 0.1) is 15.7 Å². The molecule has 0 spiro atoms. The van der Waals surface area contributed by atoms with Crippen LogP contribution in [0.2, 0.25) is 10.0 Å². The summed E-state index contributed by atoms with van der Waals surface area (Å²) in [5, 5.41) is 15.5. The van der Waals surface area contributed by atoms with E-state index in [0.29, 0.717) is 28.6 Å². The van der Waals surface area contributed by atoms with Crippen molar-refractivity contribution in [2.45, 2.75) is 32.1 Å². The highest BCUT2D eigenvalue weighted by Crippen LogP contribution is 2.39. The monoisotopic (exact) mass is 329 g/mol. The summed E-state index contributed by atoms with van der Waals surface area (Å²) >= 11 is 12.1. The molecule has 0 atom stereocenters. The molecule has 0 radical (unpaired) electrons. The molecule has 114 valence electrons. The number of hydrogen-bond donors (Lipinski definition) is 3. The fourth-order valence-corrected chi connectivity index (χ4v) is 3.19. The van der Waals surface area contributed by atoms with Crippen molar-refractivity contribution in [3.63, 3.8) is 0 Å². The number of carbonyl (C=O) groups excluding carboxylic acids is 1. The predicted molar refractivity (Wildman–Crippen MR) is 84.0 cm³/mol. The zero-order valence-corrected chi connectivity index (χ0v) is 12.9. The van der Waals surface area contributed by atoms with E-state index >= 15 is 0 Å². The van der Waals surface area contributed by atoms with E-state index in [-0.39, 0.29) is 11.7 Å². The Kier molecular flexibility index (Phi) is 4.96. The highest BCUT2D eigenvalue weighted by Gasteiger charge is 2.44. The summed E-state index contributed by atoms with van der Waals surface area (Å²) < 4.78 is 0. The smallest absolute Gasteiger partial charge is 0.238 e. The average molecular weight is 330 g/mol. The molecule has 1 fully saturated rings. The number of nitrogens with zero attached hydrogens (tertiary/aromatic N) is 1. The quantitative estimate of drug-likeness (QED) is 0.342. The van der Waals surface area contributed by atoms with Crippen molar-refractivity contribution in [2.75, 3.05) is 5.32 Å². The van der Waals surface area contributed by atoms with Crippen molar-refractivity contribution >= 4 is 40.6 Å². The molecule has 21 heavy (non-hydrogen) atoms. The number of para-hydroxylation sites is 1. The van der Waals surface area contributed by atoms with Crippen LogP contribution in [0.25, 0.3) is 0 Å². The molecule has 1 aliphatic carbocycles. The topological polar surface area (TPSA) is 87.7 Å². The van der Waals surface area contributed by atoms with Crippen LogP contribution in [-0.4, -0.2) is 17.0 Å². The van der Waals surface area contributed by atoms with Gasteiger partial charge in [-0.15, -0.1) is 0 Å². The Labute approximate surface area is 133 Å². The Balaban J connectivity index is 2.32. The van der Waals surface area contributed by atoms with Crippen molar-refractivity contribution in [3.8, 4) is 0 Å². The number of nitrogens with two attached hydrogens (primary N) is 1. The maximum absolute atomic E-state index is 12.7. The van der Waals surface area contributed by atoms with E-state index in [2.05, 4.69) is 10.5 Å². The van der Waals surface area contributed by atoms with Crippen LogP contribution >= 0.6 is 23.2 Å². The molecule has 5 nitrogen and oxygen atoms in total. The summed E-state index contributed by atoms with van der Waals surface area (Å²) in [5.41, 5.74) is 5.13. The second-order valence-corrected chi connectivity index (χ2v) is 5.99. The molecule has 0 heterocycles. The lowest BCUT2D eigenvalue weighted by Crippen LogP contribution is -2.48. The van der Waals surface area contributed by atoms with Crippen LogP contribution in [0.5, 0.6) is 0 Å². The van der Waals surface area contributed by atoms with Crippen LogP contribution in [0.4, 0.5) is 5.69 Å². The Bertz CT molecular complexity index is 549. The van der Waals surface area contributed by atoms with Gasteiger partial charge in [0.15, 0.2) is 5.84 Å². The third-order valence-corrected chi connectivity index (χ3v) is 4.57. The normalized spacial score (nSPS) is 18.3. The number of hydrogen-bond acceptors (Lipinski definition) is 3. The number of anilines is 1. The lowest BCUT2D eigenvalue weighted by Gasteiger charge is -2.34. The molecule has 1 amide bonds. The van der Waals surface area contributed by atoms with Gasteiger partial charge in [0.1, 0.15) is 5.41 Å². The van der Waals surface area contributed by atoms with Gasteiger partial charge in [-0.1, -0.05) is 53.7 Å². The molecule has 1 aromatic carbocycles. The van der Waals surface area contributed by atoms with E-state index in [1.807, 2.05) is 0 Å². The molecule has 0 unspecified atom stereocenters. The van der Waals surface area contributed by atoms with E-state index in [1.165, 1.54) is 0 Å². The first-order chi connectivity index (χ1) is 10.0. The van der Waals surface area contributed by atoms with E-state index in [1.54, 1.807) is 18.2 Å². The van der Waals surface area contributed by atoms with E-state index in [0.717, 1.165) is 19.3 Å². The summed E-state index contributed by atoms with van der Waals surface area (Å²) in [5.74, 6) is -0.407. The van der Waals surface area contributed by atoms with Crippen molar-refractivity contribution in [1.82, 2.24) is 0 Å². The molecule has 1 aromatic rings. The molecule has 0 aliphatic heterocycles. The van der Waals surface area contributed by atoms with Gasteiger partial charge >= 0.3 is 0 Å². The fraction of sp³-hybridized carbons (Fsp3) is 0.429. The standard InChI is InChI=1S/C14H17Cl2N3O2/c15-9-5-4-6-10(16)11(9)18-13(20)14(12(17)19-21)7-2-1-3-8-14/h4-6,21H,1-3,7-8H2,(H2,17,19)(H,18,20). The summed E-state index contributed by atoms with van der Waals surface area (Å²) in [4.78, 5) is 12.7. The highest BCUT2D eigenvalue weighted by atomic mass is 35.5. The summed E-state index contributed by atoms with van der Waals surface area (Å²) in [6, 6.07) is 4.97. The second kappa shape index (κ2) is 6.54. The number of halogens is 2. The van der Waals surface area contributed by atoms with Crippen molar-refractivity contribution in [1.29, 1.82) is 0 Å². The first-order valence-electron chi connectivity index (χ1n) is 6.75. The minimum atomic E-state index is -1.00. The highest BCUT2D eigenvalue weighted by molar-refractivity contribution is 6.40. The van der Waals surface area contributed by atoms with Gasteiger partial charge < -0.3 is 16.3 Å². The van der Waals surface area contributed by atoms with Crippen molar-refractivity contribution in [3.05, 3.63) is 28.2 Å².